The Labute approximate surface area is 185 Å². The number of hydrogen-bond donors (Lipinski definition) is 1. The summed E-state index contributed by atoms with van der Waals surface area (Å²) in [7, 11) is -3.62. The molecule has 1 aliphatic heterocycles. The van der Waals surface area contributed by atoms with Crippen molar-refractivity contribution in [2.75, 3.05) is 11.9 Å². The molecular formula is C23H21N3O5S. The molecule has 0 saturated carbocycles. The van der Waals surface area contributed by atoms with Gasteiger partial charge in [-0.25, -0.2) is 8.42 Å². The third-order valence-electron chi connectivity index (χ3n) is 5.57. The number of fused-ring (bicyclic) bond motifs is 1. The molecule has 0 atom stereocenters. The van der Waals surface area contributed by atoms with Crippen LogP contribution in [0.3, 0.4) is 0 Å². The van der Waals surface area contributed by atoms with E-state index in [1.54, 1.807) is 42.5 Å². The first-order valence-corrected chi connectivity index (χ1v) is 11.4. The number of rotatable bonds is 5. The van der Waals surface area contributed by atoms with Gasteiger partial charge in [0.15, 0.2) is 0 Å². The van der Waals surface area contributed by atoms with Crippen molar-refractivity contribution in [2.45, 2.75) is 24.8 Å². The normalized spacial score (nSPS) is 13.9. The van der Waals surface area contributed by atoms with Gasteiger partial charge in [0.05, 0.1) is 9.82 Å². The van der Waals surface area contributed by atoms with E-state index in [9.17, 15) is 23.3 Å². The van der Waals surface area contributed by atoms with Crippen LogP contribution >= 0.6 is 0 Å². The fraction of sp³-hybridized carbons (Fsp3) is 0.174. The Morgan fingerprint density at radius 3 is 2.50 bits per heavy atom. The minimum Gasteiger partial charge on any atom is -0.322 e. The number of sulfonamides is 1. The van der Waals surface area contributed by atoms with Gasteiger partial charge in [-0.15, -0.1) is 0 Å². The van der Waals surface area contributed by atoms with E-state index in [0.717, 1.165) is 11.1 Å². The molecule has 1 aliphatic rings. The number of nitro benzene ring substituents is 1. The quantitative estimate of drug-likeness (QED) is 0.467. The Bertz CT molecular complexity index is 1310. The predicted molar refractivity (Wildman–Crippen MR) is 120 cm³/mol. The van der Waals surface area contributed by atoms with Crippen LogP contribution < -0.4 is 5.32 Å². The highest BCUT2D eigenvalue weighted by molar-refractivity contribution is 7.89. The molecule has 1 N–H and O–H groups in total. The van der Waals surface area contributed by atoms with Gasteiger partial charge in [-0.2, -0.15) is 4.31 Å². The average molecular weight is 452 g/mol. The zero-order valence-electron chi connectivity index (χ0n) is 17.3. The maximum absolute atomic E-state index is 13.0. The maximum Gasteiger partial charge on any atom is 0.273 e. The van der Waals surface area contributed by atoms with Gasteiger partial charge >= 0.3 is 0 Å². The molecule has 0 aliphatic carbocycles. The second kappa shape index (κ2) is 8.52. The fourth-order valence-corrected chi connectivity index (χ4v) is 5.26. The number of hydrogen-bond acceptors (Lipinski definition) is 5. The van der Waals surface area contributed by atoms with Crippen LogP contribution in [0.4, 0.5) is 11.4 Å². The Kier molecular flexibility index (Phi) is 5.77. The van der Waals surface area contributed by atoms with Gasteiger partial charge in [-0.3, -0.25) is 14.9 Å². The molecule has 0 aromatic heterocycles. The molecule has 3 aromatic carbocycles. The number of carbonyl (C=O) groups excluding carboxylic acids is 1. The van der Waals surface area contributed by atoms with Gasteiger partial charge in [0.25, 0.3) is 11.6 Å². The SMILES string of the molecule is Cc1c(C(=O)Nc2ccc3c(c2)CN(S(=O)(=O)c2ccccc2)CC3)cccc1[N+](=O)[O-]. The molecule has 9 heteroatoms. The molecule has 0 radical (unpaired) electrons. The molecule has 164 valence electrons. The first-order valence-electron chi connectivity index (χ1n) is 10.00. The molecule has 8 nitrogen and oxygen atoms in total. The first-order chi connectivity index (χ1) is 15.3. The minimum absolute atomic E-state index is 0.121. The van der Waals surface area contributed by atoms with Crippen molar-refractivity contribution in [2.24, 2.45) is 0 Å². The van der Waals surface area contributed by atoms with Gasteiger partial charge in [-0.1, -0.05) is 30.3 Å². The third kappa shape index (κ3) is 4.12. The Morgan fingerprint density at radius 2 is 1.78 bits per heavy atom. The maximum atomic E-state index is 13.0. The highest BCUT2D eigenvalue weighted by Gasteiger charge is 2.28. The lowest BCUT2D eigenvalue weighted by molar-refractivity contribution is -0.385. The minimum atomic E-state index is -3.62. The molecule has 0 saturated heterocycles. The number of benzene rings is 3. The van der Waals surface area contributed by atoms with E-state index in [-0.39, 0.29) is 28.3 Å². The van der Waals surface area contributed by atoms with Crippen molar-refractivity contribution in [1.82, 2.24) is 4.31 Å². The van der Waals surface area contributed by atoms with Crippen molar-refractivity contribution in [1.29, 1.82) is 0 Å². The molecule has 32 heavy (non-hydrogen) atoms. The summed E-state index contributed by atoms with van der Waals surface area (Å²) in [5.41, 5.74) is 2.71. The highest BCUT2D eigenvalue weighted by atomic mass is 32.2. The summed E-state index contributed by atoms with van der Waals surface area (Å²) in [4.78, 5) is 23.6. The molecule has 0 fully saturated rings. The monoisotopic (exact) mass is 451 g/mol. The standard InChI is InChI=1S/C23H21N3O5S/c1-16-21(8-5-9-22(16)26(28)29)23(27)24-19-11-10-17-12-13-25(15-18(17)14-19)32(30,31)20-6-3-2-4-7-20/h2-11,14H,12-13,15H2,1H3,(H,24,27). The predicted octanol–water partition coefficient (Wildman–Crippen LogP) is 3.90. The summed E-state index contributed by atoms with van der Waals surface area (Å²) >= 11 is 0. The lowest BCUT2D eigenvalue weighted by Crippen LogP contribution is -2.36. The molecule has 1 amide bonds. The Hall–Kier alpha value is -3.56. The van der Waals surface area contributed by atoms with Crippen molar-refractivity contribution in [3.8, 4) is 0 Å². The summed E-state index contributed by atoms with van der Waals surface area (Å²) in [6, 6.07) is 18.0. The zero-order chi connectivity index (χ0) is 22.9. The fourth-order valence-electron chi connectivity index (χ4n) is 3.82. The zero-order valence-corrected chi connectivity index (χ0v) is 18.1. The molecule has 4 rings (SSSR count). The van der Waals surface area contributed by atoms with E-state index in [4.69, 9.17) is 0 Å². The van der Waals surface area contributed by atoms with E-state index in [1.807, 2.05) is 6.07 Å². The number of nitro groups is 1. The largest absolute Gasteiger partial charge is 0.322 e. The van der Waals surface area contributed by atoms with Gasteiger partial charge in [0.1, 0.15) is 0 Å². The lowest BCUT2D eigenvalue weighted by Gasteiger charge is -2.28. The number of carbonyl (C=O) groups is 1. The van der Waals surface area contributed by atoms with Crippen LogP contribution in [-0.4, -0.2) is 30.1 Å². The van der Waals surface area contributed by atoms with E-state index in [0.29, 0.717) is 18.7 Å². The topological polar surface area (TPSA) is 110 Å². The van der Waals surface area contributed by atoms with Gasteiger partial charge in [0, 0.05) is 36.0 Å². The Morgan fingerprint density at radius 1 is 1.03 bits per heavy atom. The van der Waals surface area contributed by atoms with Crippen LogP contribution in [-0.2, 0) is 23.0 Å². The Balaban J connectivity index is 1.57. The average Bonchev–Trinajstić information content (AvgIpc) is 2.79. The van der Waals surface area contributed by atoms with E-state index in [1.165, 1.54) is 29.4 Å². The molecular weight excluding hydrogens is 430 g/mol. The number of anilines is 1. The van der Waals surface area contributed by atoms with Crippen LogP contribution in [0, 0.1) is 17.0 Å². The second-order valence-corrected chi connectivity index (χ2v) is 9.48. The van der Waals surface area contributed by atoms with Gasteiger partial charge in [0.2, 0.25) is 10.0 Å². The van der Waals surface area contributed by atoms with Crippen LogP contribution in [0.15, 0.2) is 71.6 Å². The van der Waals surface area contributed by atoms with E-state index < -0.39 is 20.9 Å². The number of amides is 1. The summed E-state index contributed by atoms with van der Waals surface area (Å²) in [6.07, 6.45) is 0.569. The summed E-state index contributed by atoms with van der Waals surface area (Å²) < 4.78 is 27.4. The van der Waals surface area contributed by atoms with Crippen LogP contribution in [0.1, 0.15) is 27.0 Å². The second-order valence-electron chi connectivity index (χ2n) is 7.55. The van der Waals surface area contributed by atoms with Crippen molar-refractivity contribution in [3.63, 3.8) is 0 Å². The molecule has 0 bridgehead atoms. The molecule has 0 unspecified atom stereocenters. The van der Waals surface area contributed by atoms with Crippen molar-refractivity contribution < 1.29 is 18.1 Å². The van der Waals surface area contributed by atoms with Crippen molar-refractivity contribution in [3.05, 3.63) is 99.1 Å². The summed E-state index contributed by atoms with van der Waals surface area (Å²) in [5.74, 6) is -0.462. The van der Waals surface area contributed by atoms with Crippen molar-refractivity contribution >= 4 is 27.3 Å². The van der Waals surface area contributed by atoms with Gasteiger partial charge < -0.3 is 5.32 Å². The summed E-state index contributed by atoms with van der Waals surface area (Å²) in [6.45, 7) is 2.11. The number of nitrogens with one attached hydrogen (secondary N) is 1. The summed E-state index contributed by atoms with van der Waals surface area (Å²) in [5, 5.41) is 13.9. The third-order valence-corrected chi connectivity index (χ3v) is 7.43. The van der Waals surface area contributed by atoms with Gasteiger partial charge in [-0.05, 0) is 54.8 Å². The first kappa shape index (κ1) is 21.7. The number of nitrogens with zero attached hydrogens (tertiary/aromatic N) is 2. The molecule has 0 spiro atoms. The molecule has 3 aromatic rings. The highest BCUT2D eigenvalue weighted by Crippen LogP contribution is 2.28. The smallest absolute Gasteiger partial charge is 0.273 e. The lowest BCUT2D eigenvalue weighted by atomic mass is 10.00. The van der Waals surface area contributed by atoms with E-state index in [2.05, 4.69) is 5.32 Å². The van der Waals surface area contributed by atoms with Crippen LogP contribution in [0.25, 0.3) is 0 Å². The van der Waals surface area contributed by atoms with Crippen LogP contribution in [0.2, 0.25) is 0 Å². The van der Waals surface area contributed by atoms with E-state index >= 15 is 0 Å². The molecule has 1 heterocycles. The van der Waals surface area contributed by atoms with Crippen LogP contribution in [0.5, 0.6) is 0 Å².